The summed E-state index contributed by atoms with van der Waals surface area (Å²) >= 11 is 11.9. The highest BCUT2D eigenvalue weighted by molar-refractivity contribution is 6.36. The van der Waals surface area contributed by atoms with Crippen molar-refractivity contribution in [1.82, 2.24) is 9.80 Å². The summed E-state index contributed by atoms with van der Waals surface area (Å²) in [5, 5.41) is 3.68. The molecule has 2 rings (SSSR count). The topological polar surface area (TPSA) is 52.6 Å². The lowest BCUT2D eigenvalue weighted by Crippen LogP contribution is -2.30. The number of carbonyl (C=O) groups is 2. The van der Waals surface area contributed by atoms with Gasteiger partial charge in [0.2, 0.25) is 11.8 Å². The zero-order valence-electron chi connectivity index (χ0n) is 13.3. The van der Waals surface area contributed by atoms with E-state index in [4.69, 9.17) is 23.2 Å². The van der Waals surface area contributed by atoms with Crippen molar-refractivity contribution in [2.24, 2.45) is 5.92 Å². The van der Waals surface area contributed by atoms with Crippen LogP contribution in [0.1, 0.15) is 12.8 Å². The molecule has 0 aliphatic carbocycles. The van der Waals surface area contributed by atoms with Crippen LogP contribution in [0.15, 0.2) is 18.2 Å². The van der Waals surface area contributed by atoms with Gasteiger partial charge >= 0.3 is 0 Å². The Morgan fingerprint density at radius 3 is 2.78 bits per heavy atom. The fraction of sp³-hybridized carbons (Fsp3) is 0.500. The predicted molar refractivity (Wildman–Crippen MR) is 92.9 cm³/mol. The van der Waals surface area contributed by atoms with Gasteiger partial charge in [0.15, 0.2) is 0 Å². The van der Waals surface area contributed by atoms with Gasteiger partial charge in [0.05, 0.1) is 16.6 Å². The quantitative estimate of drug-likeness (QED) is 0.851. The Morgan fingerprint density at radius 1 is 1.39 bits per heavy atom. The maximum atomic E-state index is 12.3. The number of hydrogen-bond acceptors (Lipinski definition) is 3. The second kappa shape index (κ2) is 7.99. The Balaban J connectivity index is 1.89. The summed E-state index contributed by atoms with van der Waals surface area (Å²) in [7, 11) is 4.00. The Bertz CT molecular complexity index is 593. The van der Waals surface area contributed by atoms with Crippen LogP contribution in [0.25, 0.3) is 0 Å². The molecular formula is C16H21Cl2N3O2. The van der Waals surface area contributed by atoms with Crippen LogP contribution in [0.2, 0.25) is 10.0 Å². The zero-order chi connectivity index (χ0) is 17.0. The molecule has 1 heterocycles. The molecule has 7 heteroatoms. The van der Waals surface area contributed by atoms with Crippen molar-refractivity contribution in [2.45, 2.75) is 12.8 Å². The second-order valence-electron chi connectivity index (χ2n) is 6.01. The number of rotatable bonds is 6. The maximum Gasteiger partial charge on any atom is 0.229 e. The molecule has 0 spiro atoms. The highest BCUT2D eigenvalue weighted by Crippen LogP contribution is 2.27. The van der Waals surface area contributed by atoms with Crippen molar-refractivity contribution >= 4 is 40.7 Å². The van der Waals surface area contributed by atoms with Gasteiger partial charge in [-0.2, -0.15) is 0 Å². The molecule has 1 fully saturated rings. The summed E-state index contributed by atoms with van der Waals surface area (Å²) in [5.41, 5.74) is 0.513. The maximum absolute atomic E-state index is 12.3. The van der Waals surface area contributed by atoms with E-state index in [-0.39, 0.29) is 24.2 Å². The predicted octanol–water partition coefficient (Wildman–Crippen LogP) is 2.73. The van der Waals surface area contributed by atoms with E-state index in [2.05, 4.69) is 10.2 Å². The summed E-state index contributed by atoms with van der Waals surface area (Å²) in [4.78, 5) is 28.2. The van der Waals surface area contributed by atoms with Gasteiger partial charge in [-0.15, -0.1) is 0 Å². The standard InChI is InChI=1S/C16H21Cl2N3O2/c1-20(2)6-3-7-21-10-11(8-15(21)22)16(23)19-14-5-4-12(17)9-13(14)18/h4-5,9,11H,3,6-8,10H2,1-2H3,(H,19,23). The lowest BCUT2D eigenvalue weighted by molar-refractivity contribution is -0.128. The number of hydrogen-bond donors (Lipinski definition) is 1. The fourth-order valence-electron chi connectivity index (χ4n) is 2.57. The molecule has 1 aromatic carbocycles. The number of nitrogens with zero attached hydrogens (tertiary/aromatic N) is 2. The lowest BCUT2D eigenvalue weighted by atomic mass is 10.1. The molecule has 126 valence electrons. The minimum absolute atomic E-state index is 0.0334. The molecule has 5 nitrogen and oxygen atoms in total. The zero-order valence-corrected chi connectivity index (χ0v) is 14.8. The summed E-state index contributed by atoms with van der Waals surface area (Å²) in [6.07, 6.45) is 1.15. The number of amides is 2. The molecule has 0 radical (unpaired) electrons. The van der Waals surface area contributed by atoms with E-state index in [1.165, 1.54) is 0 Å². The summed E-state index contributed by atoms with van der Waals surface area (Å²) in [5.74, 6) is -0.489. The highest BCUT2D eigenvalue weighted by atomic mass is 35.5. The minimum Gasteiger partial charge on any atom is -0.342 e. The van der Waals surface area contributed by atoms with Gasteiger partial charge in [-0.3, -0.25) is 9.59 Å². The van der Waals surface area contributed by atoms with Crippen molar-refractivity contribution in [1.29, 1.82) is 0 Å². The van der Waals surface area contributed by atoms with E-state index in [0.717, 1.165) is 13.0 Å². The molecular weight excluding hydrogens is 337 g/mol. The first-order valence-electron chi connectivity index (χ1n) is 7.55. The molecule has 1 aromatic rings. The van der Waals surface area contributed by atoms with Gasteiger partial charge in [-0.25, -0.2) is 0 Å². The summed E-state index contributed by atoms with van der Waals surface area (Å²) in [6.45, 7) is 2.06. The third-order valence-electron chi connectivity index (χ3n) is 3.81. The largest absolute Gasteiger partial charge is 0.342 e. The fourth-order valence-corrected chi connectivity index (χ4v) is 3.02. The average molecular weight is 358 g/mol. The Labute approximate surface area is 146 Å². The van der Waals surface area contributed by atoms with Crippen LogP contribution in [-0.2, 0) is 9.59 Å². The molecule has 1 N–H and O–H groups in total. The number of anilines is 1. The molecule has 1 aliphatic heterocycles. The molecule has 23 heavy (non-hydrogen) atoms. The molecule has 1 atom stereocenters. The van der Waals surface area contributed by atoms with E-state index < -0.39 is 0 Å². The number of benzene rings is 1. The summed E-state index contributed by atoms with van der Waals surface area (Å²) in [6, 6.07) is 4.90. The number of halogens is 2. The van der Waals surface area contributed by atoms with Crippen LogP contribution < -0.4 is 5.32 Å². The lowest BCUT2D eigenvalue weighted by Gasteiger charge is -2.18. The minimum atomic E-state index is -0.339. The van der Waals surface area contributed by atoms with E-state index >= 15 is 0 Å². The Kier molecular flexibility index (Phi) is 6.27. The first-order chi connectivity index (χ1) is 10.9. The first-order valence-corrected chi connectivity index (χ1v) is 8.31. The Hall–Kier alpha value is -1.30. The summed E-state index contributed by atoms with van der Waals surface area (Å²) < 4.78 is 0. The Morgan fingerprint density at radius 2 is 2.13 bits per heavy atom. The molecule has 0 saturated carbocycles. The monoisotopic (exact) mass is 357 g/mol. The van der Waals surface area contributed by atoms with Gasteiger partial charge in [-0.05, 0) is 45.3 Å². The van der Waals surface area contributed by atoms with Crippen LogP contribution in [0.4, 0.5) is 5.69 Å². The van der Waals surface area contributed by atoms with Crippen LogP contribution in [-0.4, -0.2) is 55.3 Å². The van der Waals surface area contributed by atoms with E-state index in [9.17, 15) is 9.59 Å². The number of carbonyl (C=O) groups excluding carboxylic acids is 2. The second-order valence-corrected chi connectivity index (χ2v) is 6.85. The van der Waals surface area contributed by atoms with Crippen LogP contribution in [0.3, 0.4) is 0 Å². The first kappa shape index (κ1) is 18.0. The van der Waals surface area contributed by atoms with E-state index in [1.54, 1.807) is 23.1 Å². The van der Waals surface area contributed by atoms with Crippen molar-refractivity contribution < 1.29 is 9.59 Å². The molecule has 2 amide bonds. The highest BCUT2D eigenvalue weighted by Gasteiger charge is 2.34. The molecule has 0 bridgehead atoms. The molecule has 1 unspecified atom stereocenters. The number of nitrogens with one attached hydrogen (secondary N) is 1. The number of likely N-dealkylation sites (tertiary alicyclic amines) is 1. The molecule has 1 aliphatic rings. The van der Waals surface area contributed by atoms with Crippen LogP contribution >= 0.6 is 23.2 Å². The van der Waals surface area contributed by atoms with E-state index in [1.807, 2.05) is 14.1 Å². The van der Waals surface area contributed by atoms with Gasteiger partial charge in [0, 0.05) is 24.5 Å². The third kappa shape index (κ3) is 5.09. The molecule has 1 saturated heterocycles. The van der Waals surface area contributed by atoms with Gasteiger partial charge in [0.25, 0.3) is 0 Å². The normalized spacial score (nSPS) is 17.9. The van der Waals surface area contributed by atoms with Crippen molar-refractivity contribution in [3.63, 3.8) is 0 Å². The van der Waals surface area contributed by atoms with E-state index in [0.29, 0.717) is 28.8 Å². The van der Waals surface area contributed by atoms with Crippen molar-refractivity contribution in [3.05, 3.63) is 28.2 Å². The SMILES string of the molecule is CN(C)CCCN1CC(C(=O)Nc2ccc(Cl)cc2Cl)CC1=O. The van der Waals surface area contributed by atoms with Crippen molar-refractivity contribution in [3.8, 4) is 0 Å². The van der Waals surface area contributed by atoms with Crippen LogP contribution in [0, 0.1) is 5.92 Å². The van der Waals surface area contributed by atoms with Gasteiger partial charge in [-0.1, -0.05) is 23.2 Å². The van der Waals surface area contributed by atoms with Crippen LogP contribution in [0.5, 0.6) is 0 Å². The average Bonchev–Trinajstić information content (AvgIpc) is 2.83. The van der Waals surface area contributed by atoms with Gasteiger partial charge < -0.3 is 15.1 Å². The smallest absolute Gasteiger partial charge is 0.229 e. The van der Waals surface area contributed by atoms with Gasteiger partial charge in [0.1, 0.15) is 0 Å². The molecule has 0 aromatic heterocycles. The third-order valence-corrected chi connectivity index (χ3v) is 4.36. The van der Waals surface area contributed by atoms with Crippen molar-refractivity contribution in [2.75, 3.05) is 39.0 Å².